The van der Waals surface area contributed by atoms with Crippen LogP contribution in [0, 0.1) is 0 Å². The number of nitrogens with two attached hydrogens (primary N) is 1. The van der Waals surface area contributed by atoms with E-state index in [1.165, 1.54) is 0 Å². The summed E-state index contributed by atoms with van der Waals surface area (Å²) in [6.07, 6.45) is 0.992. The molecule has 0 bridgehead atoms. The molecule has 0 aromatic heterocycles. The molecule has 0 aliphatic carbocycles. The largest absolute Gasteiger partial charge is 1.00 e. The van der Waals surface area contributed by atoms with Crippen LogP contribution in [0.2, 0.25) is 0 Å². The molecule has 6 nitrogen and oxygen atoms in total. The molecule has 16 heavy (non-hydrogen) atoms. The standard InChI is InChI=1S/C8H14N2O4.2Li/c9-5(6(11)12)2-1-3-8(4-10-8)7(13)14;;/h5,10H,1-4,9H2,(H,11,12)(H,13,14);;/q;2*+1/p-2/t5-,8+;;/m0../s1. The average Bonchev–Trinajstić information content (AvgIpc) is 2.85. The van der Waals surface area contributed by atoms with E-state index in [9.17, 15) is 19.8 Å². The molecule has 1 heterocycles. The Balaban J connectivity index is 0. The smallest absolute Gasteiger partial charge is 0.548 e. The molecule has 0 unspecified atom stereocenters. The third-order valence-corrected chi connectivity index (χ3v) is 2.42. The summed E-state index contributed by atoms with van der Waals surface area (Å²) in [4.78, 5) is 20.8. The zero-order valence-corrected chi connectivity index (χ0v) is 9.62. The summed E-state index contributed by atoms with van der Waals surface area (Å²) in [6, 6.07) is -1.02. The number of nitrogens with one attached hydrogen (secondary N) is 1. The second kappa shape index (κ2) is 7.39. The molecule has 3 N–H and O–H groups in total. The van der Waals surface area contributed by atoms with E-state index in [2.05, 4.69) is 5.32 Å². The Morgan fingerprint density at radius 2 is 1.88 bits per heavy atom. The Hall–Kier alpha value is 0.0548. The summed E-state index contributed by atoms with van der Waals surface area (Å²) < 4.78 is 0. The summed E-state index contributed by atoms with van der Waals surface area (Å²) in [5, 5.41) is 23.5. The van der Waals surface area contributed by atoms with Crippen LogP contribution in [0.15, 0.2) is 0 Å². The number of rotatable bonds is 6. The predicted octanol–water partition coefficient (Wildman–Crippen LogP) is -9.67. The van der Waals surface area contributed by atoms with Crippen molar-refractivity contribution < 1.29 is 57.5 Å². The summed E-state index contributed by atoms with van der Waals surface area (Å²) in [5.74, 6) is -2.45. The van der Waals surface area contributed by atoms with E-state index in [1.54, 1.807) is 0 Å². The van der Waals surface area contributed by atoms with E-state index in [0.717, 1.165) is 0 Å². The van der Waals surface area contributed by atoms with E-state index in [-0.39, 0.29) is 44.1 Å². The van der Waals surface area contributed by atoms with Crippen LogP contribution in [0.5, 0.6) is 0 Å². The fourth-order valence-corrected chi connectivity index (χ4v) is 1.27. The van der Waals surface area contributed by atoms with E-state index < -0.39 is 23.5 Å². The van der Waals surface area contributed by atoms with Crippen molar-refractivity contribution in [1.82, 2.24) is 5.32 Å². The molecule has 0 spiro atoms. The van der Waals surface area contributed by atoms with E-state index in [4.69, 9.17) is 5.73 Å². The number of carboxylic acid groups (broad SMARTS) is 2. The number of carboxylic acids is 2. The summed E-state index contributed by atoms with van der Waals surface area (Å²) >= 11 is 0. The van der Waals surface area contributed by atoms with Crippen molar-refractivity contribution in [1.29, 1.82) is 0 Å². The molecule has 1 saturated heterocycles. The van der Waals surface area contributed by atoms with Crippen LogP contribution < -0.4 is 59.0 Å². The minimum atomic E-state index is -1.31. The number of carbonyl (C=O) groups excluding carboxylic acids is 2. The molecule has 0 amide bonds. The van der Waals surface area contributed by atoms with Gasteiger partial charge in [-0.05, 0) is 19.3 Å². The van der Waals surface area contributed by atoms with Crippen molar-refractivity contribution in [2.75, 3.05) is 6.54 Å². The van der Waals surface area contributed by atoms with Gasteiger partial charge in [-0.2, -0.15) is 0 Å². The van der Waals surface area contributed by atoms with Gasteiger partial charge in [-0.1, -0.05) is 0 Å². The molecule has 1 fully saturated rings. The first-order valence-electron chi connectivity index (χ1n) is 4.41. The van der Waals surface area contributed by atoms with Crippen LogP contribution in [-0.2, 0) is 9.59 Å². The molecule has 0 aromatic rings. The molecule has 0 aromatic carbocycles. The molecule has 8 heteroatoms. The maximum Gasteiger partial charge on any atom is 1.00 e. The Labute approximate surface area is 118 Å². The first-order valence-corrected chi connectivity index (χ1v) is 4.41. The molecule has 0 saturated carbocycles. The van der Waals surface area contributed by atoms with Crippen LogP contribution in [0.25, 0.3) is 0 Å². The van der Waals surface area contributed by atoms with Crippen LogP contribution >= 0.6 is 0 Å². The molecule has 80 valence electrons. The first-order chi connectivity index (χ1) is 6.48. The maximum atomic E-state index is 10.6. The first kappa shape index (κ1) is 18.4. The minimum absolute atomic E-state index is 0. The zero-order chi connectivity index (χ0) is 10.8. The maximum absolute atomic E-state index is 10.6. The van der Waals surface area contributed by atoms with Crippen LogP contribution in [0.3, 0.4) is 0 Å². The predicted molar refractivity (Wildman–Crippen MR) is 42.6 cm³/mol. The van der Waals surface area contributed by atoms with Gasteiger partial charge >= 0.3 is 37.7 Å². The third-order valence-electron chi connectivity index (χ3n) is 2.42. The van der Waals surface area contributed by atoms with Gasteiger partial charge in [0.25, 0.3) is 0 Å². The van der Waals surface area contributed by atoms with Gasteiger partial charge in [0, 0.05) is 12.6 Å². The fraction of sp³-hybridized carbons (Fsp3) is 0.750. The van der Waals surface area contributed by atoms with Gasteiger partial charge in [-0.25, -0.2) is 0 Å². The normalized spacial score (nSPS) is 23.6. The van der Waals surface area contributed by atoms with Gasteiger partial charge < -0.3 is 30.9 Å². The quantitative estimate of drug-likeness (QED) is 0.333. The van der Waals surface area contributed by atoms with Crippen molar-refractivity contribution in [2.24, 2.45) is 5.73 Å². The summed E-state index contributed by atoms with van der Waals surface area (Å²) in [7, 11) is 0. The van der Waals surface area contributed by atoms with E-state index in [0.29, 0.717) is 19.4 Å². The second-order valence-electron chi connectivity index (χ2n) is 3.54. The van der Waals surface area contributed by atoms with Crippen LogP contribution in [0.4, 0.5) is 0 Å². The fourth-order valence-electron chi connectivity index (χ4n) is 1.27. The molecule has 2 atom stereocenters. The van der Waals surface area contributed by atoms with Gasteiger partial charge in [0.1, 0.15) is 0 Å². The van der Waals surface area contributed by atoms with Crippen molar-refractivity contribution >= 4 is 11.9 Å². The molecule has 0 radical (unpaired) electrons. The Bertz CT molecular complexity index is 258. The minimum Gasteiger partial charge on any atom is -0.548 e. The van der Waals surface area contributed by atoms with E-state index in [1.807, 2.05) is 0 Å². The average molecular weight is 214 g/mol. The van der Waals surface area contributed by atoms with Crippen molar-refractivity contribution in [3.8, 4) is 0 Å². The van der Waals surface area contributed by atoms with E-state index >= 15 is 0 Å². The third kappa shape index (κ3) is 4.92. The number of hydrogen-bond donors (Lipinski definition) is 2. The van der Waals surface area contributed by atoms with Crippen molar-refractivity contribution in [3.63, 3.8) is 0 Å². The van der Waals surface area contributed by atoms with Gasteiger partial charge in [-0.15, -0.1) is 0 Å². The van der Waals surface area contributed by atoms with Crippen LogP contribution in [0.1, 0.15) is 19.3 Å². The zero-order valence-electron chi connectivity index (χ0n) is 9.62. The molecular weight excluding hydrogens is 202 g/mol. The Kier molecular flexibility index (Phi) is 8.51. The van der Waals surface area contributed by atoms with Gasteiger partial charge in [0.05, 0.1) is 17.5 Å². The summed E-state index contributed by atoms with van der Waals surface area (Å²) in [5.41, 5.74) is 4.26. The molecule has 1 aliphatic rings. The van der Waals surface area contributed by atoms with Gasteiger partial charge in [0.15, 0.2) is 0 Å². The van der Waals surface area contributed by atoms with Crippen LogP contribution in [-0.4, -0.2) is 30.1 Å². The molecular formula is C8H12Li2N2O4. The molecule has 1 rings (SSSR count). The van der Waals surface area contributed by atoms with Gasteiger partial charge in [-0.3, -0.25) is 0 Å². The number of hydrogen-bond acceptors (Lipinski definition) is 6. The summed E-state index contributed by atoms with van der Waals surface area (Å²) in [6.45, 7) is 0.385. The number of carbonyl (C=O) groups is 2. The Morgan fingerprint density at radius 1 is 1.38 bits per heavy atom. The van der Waals surface area contributed by atoms with Gasteiger partial charge in [0.2, 0.25) is 0 Å². The second-order valence-corrected chi connectivity index (χ2v) is 3.54. The Morgan fingerprint density at radius 3 is 2.19 bits per heavy atom. The molecule has 1 aliphatic heterocycles. The topological polar surface area (TPSA) is 128 Å². The number of aliphatic carboxylic acids is 2. The van der Waals surface area contributed by atoms with Crippen molar-refractivity contribution in [2.45, 2.75) is 30.8 Å². The van der Waals surface area contributed by atoms with Crippen molar-refractivity contribution in [3.05, 3.63) is 0 Å². The monoisotopic (exact) mass is 214 g/mol. The SMILES string of the molecule is N[C@@H](CCC[C@]1(C(=O)[O-])CN1)C(=O)[O-].[Li+].[Li+].